The van der Waals surface area contributed by atoms with Crippen molar-refractivity contribution in [2.75, 3.05) is 0 Å². The predicted molar refractivity (Wildman–Crippen MR) is 60.5 cm³/mol. The molecular weight excluding hydrogens is 223 g/mol. The van der Waals surface area contributed by atoms with E-state index in [4.69, 9.17) is 5.11 Å². The van der Waals surface area contributed by atoms with E-state index < -0.39 is 12.0 Å². The van der Waals surface area contributed by atoms with Crippen LogP contribution in [0, 0.1) is 5.82 Å². The van der Waals surface area contributed by atoms with Crippen LogP contribution in [0.2, 0.25) is 0 Å². The largest absolute Gasteiger partial charge is 0.511 e. The molecule has 0 unspecified atom stereocenters. The summed E-state index contributed by atoms with van der Waals surface area (Å²) in [6, 6.07) is 12.5. The Balaban J connectivity index is 2.52. The lowest BCUT2D eigenvalue weighted by Gasteiger charge is -2.08. The van der Waals surface area contributed by atoms with Gasteiger partial charge in [0.25, 0.3) is 0 Å². The smallest absolute Gasteiger partial charge is 0.449 e. The Kier molecular flexibility index (Phi) is 3.05. The second kappa shape index (κ2) is 4.65. The average molecular weight is 232 g/mol. The van der Waals surface area contributed by atoms with Crippen molar-refractivity contribution in [3.05, 3.63) is 54.3 Å². The van der Waals surface area contributed by atoms with Gasteiger partial charge in [-0.15, -0.1) is 0 Å². The third-order valence-electron chi connectivity index (χ3n) is 2.25. The van der Waals surface area contributed by atoms with Crippen LogP contribution >= 0.6 is 0 Å². The lowest BCUT2D eigenvalue weighted by atomic mass is 10.0. The summed E-state index contributed by atoms with van der Waals surface area (Å²) in [5.41, 5.74) is 0.720. The van der Waals surface area contributed by atoms with Crippen LogP contribution in [0.5, 0.6) is 5.75 Å². The van der Waals surface area contributed by atoms with Crippen molar-refractivity contribution in [2.24, 2.45) is 0 Å². The fourth-order valence-corrected chi connectivity index (χ4v) is 1.55. The van der Waals surface area contributed by atoms with E-state index in [9.17, 15) is 9.18 Å². The molecule has 0 fully saturated rings. The molecule has 0 aliphatic heterocycles. The highest BCUT2D eigenvalue weighted by Crippen LogP contribution is 2.31. The molecule has 1 N–H and O–H groups in total. The molecule has 0 aliphatic rings. The SMILES string of the molecule is O=C(O)Oc1ccccc1-c1ccccc1F. The van der Waals surface area contributed by atoms with Crippen molar-refractivity contribution in [1.82, 2.24) is 0 Å². The van der Waals surface area contributed by atoms with Crippen LogP contribution in [0.4, 0.5) is 9.18 Å². The molecule has 0 saturated heterocycles. The summed E-state index contributed by atoms with van der Waals surface area (Å²) in [5.74, 6) is -0.306. The summed E-state index contributed by atoms with van der Waals surface area (Å²) in [5, 5.41) is 8.59. The highest BCUT2D eigenvalue weighted by Gasteiger charge is 2.11. The summed E-state index contributed by atoms with van der Waals surface area (Å²) in [6.07, 6.45) is -1.42. The van der Waals surface area contributed by atoms with Gasteiger partial charge in [0, 0.05) is 11.1 Å². The zero-order valence-electron chi connectivity index (χ0n) is 8.76. The maximum atomic E-state index is 13.6. The van der Waals surface area contributed by atoms with E-state index >= 15 is 0 Å². The fraction of sp³-hybridized carbons (Fsp3) is 0. The summed E-state index contributed by atoms with van der Waals surface area (Å²) in [7, 11) is 0. The molecule has 0 amide bonds. The number of halogens is 1. The molecule has 86 valence electrons. The van der Waals surface area contributed by atoms with Crippen molar-refractivity contribution in [3.8, 4) is 16.9 Å². The second-order valence-electron chi connectivity index (χ2n) is 3.34. The minimum atomic E-state index is -1.42. The van der Waals surface area contributed by atoms with Crippen molar-refractivity contribution in [2.45, 2.75) is 0 Å². The maximum Gasteiger partial charge on any atom is 0.511 e. The van der Waals surface area contributed by atoms with Gasteiger partial charge >= 0.3 is 6.16 Å². The van der Waals surface area contributed by atoms with Gasteiger partial charge in [0.1, 0.15) is 11.6 Å². The van der Waals surface area contributed by atoms with Gasteiger partial charge < -0.3 is 9.84 Å². The standard InChI is InChI=1S/C13H9FO3/c14-11-7-3-1-5-9(11)10-6-2-4-8-12(10)17-13(15)16/h1-8H,(H,15,16). The summed E-state index contributed by atoms with van der Waals surface area (Å²) in [4.78, 5) is 10.5. The number of hydrogen-bond donors (Lipinski definition) is 1. The Morgan fingerprint density at radius 1 is 1.00 bits per heavy atom. The minimum Gasteiger partial charge on any atom is -0.449 e. The molecule has 0 spiro atoms. The average Bonchev–Trinajstić information content (AvgIpc) is 2.30. The fourth-order valence-electron chi connectivity index (χ4n) is 1.55. The Morgan fingerprint density at radius 2 is 1.59 bits per heavy atom. The third kappa shape index (κ3) is 2.42. The summed E-state index contributed by atoms with van der Waals surface area (Å²) < 4.78 is 18.2. The normalized spacial score (nSPS) is 9.94. The molecule has 0 saturated carbocycles. The molecular formula is C13H9FO3. The van der Waals surface area contributed by atoms with Crippen LogP contribution in [0.1, 0.15) is 0 Å². The highest BCUT2D eigenvalue weighted by molar-refractivity contribution is 5.74. The lowest BCUT2D eigenvalue weighted by molar-refractivity contribution is 0.144. The Bertz CT molecular complexity index is 552. The number of ether oxygens (including phenoxy) is 1. The van der Waals surface area contributed by atoms with E-state index in [0.29, 0.717) is 11.1 Å². The van der Waals surface area contributed by atoms with Gasteiger partial charge in [-0.05, 0) is 12.1 Å². The van der Waals surface area contributed by atoms with Crippen LogP contribution in [0.15, 0.2) is 48.5 Å². The molecule has 3 nitrogen and oxygen atoms in total. The predicted octanol–water partition coefficient (Wildman–Crippen LogP) is 3.55. The number of rotatable bonds is 2. The van der Waals surface area contributed by atoms with Crippen molar-refractivity contribution >= 4 is 6.16 Å². The first kappa shape index (κ1) is 11.1. The molecule has 2 aromatic carbocycles. The Hall–Kier alpha value is -2.36. The van der Waals surface area contributed by atoms with Crippen molar-refractivity contribution in [1.29, 1.82) is 0 Å². The van der Waals surface area contributed by atoms with Gasteiger partial charge in [0.05, 0.1) is 0 Å². The summed E-state index contributed by atoms with van der Waals surface area (Å²) in [6.45, 7) is 0. The van der Waals surface area contributed by atoms with Gasteiger partial charge in [-0.2, -0.15) is 0 Å². The van der Waals surface area contributed by atoms with Gasteiger partial charge in [-0.3, -0.25) is 0 Å². The lowest BCUT2D eigenvalue weighted by Crippen LogP contribution is -2.04. The number of para-hydroxylation sites is 1. The van der Waals surface area contributed by atoms with E-state index in [2.05, 4.69) is 4.74 Å². The van der Waals surface area contributed by atoms with Crippen molar-refractivity contribution in [3.63, 3.8) is 0 Å². The molecule has 0 bridgehead atoms. The maximum absolute atomic E-state index is 13.6. The van der Waals surface area contributed by atoms with Crippen LogP contribution in [0.3, 0.4) is 0 Å². The Morgan fingerprint density at radius 3 is 2.24 bits per heavy atom. The van der Waals surface area contributed by atoms with Gasteiger partial charge in [-0.25, -0.2) is 9.18 Å². The molecule has 4 heteroatoms. The molecule has 0 heterocycles. The molecule has 17 heavy (non-hydrogen) atoms. The Labute approximate surface area is 97.1 Å². The van der Waals surface area contributed by atoms with Crippen LogP contribution in [0.25, 0.3) is 11.1 Å². The van der Waals surface area contributed by atoms with Gasteiger partial charge in [0.15, 0.2) is 0 Å². The first-order valence-electron chi connectivity index (χ1n) is 4.93. The summed E-state index contributed by atoms with van der Waals surface area (Å²) >= 11 is 0. The monoisotopic (exact) mass is 232 g/mol. The number of hydrogen-bond acceptors (Lipinski definition) is 2. The van der Waals surface area contributed by atoms with E-state index in [-0.39, 0.29) is 5.75 Å². The topological polar surface area (TPSA) is 46.5 Å². The zero-order chi connectivity index (χ0) is 12.3. The van der Waals surface area contributed by atoms with Crippen LogP contribution in [-0.4, -0.2) is 11.3 Å². The van der Waals surface area contributed by atoms with E-state index in [1.807, 2.05) is 0 Å². The molecule has 0 radical (unpaired) electrons. The molecule has 0 aromatic heterocycles. The first-order valence-corrected chi connectivity index (χ1v) is 4.93. The number of carboxylic acid groups (broad SMARTS) is 1. The second-order valence-corrected chi connectivity index (χ2v) is 3.34. The highest BCUT2D eigenvalue weighted by atomic mass is 19.1. The van der Waals surface area contributed by atoms with Gasteiger partial charge in [0.2, 0.25) is 0 Å². The minimum absolute atomic E-state index is 0.116. The van der Waals surface area contributed by atoms with Crippen LogP contribution < -0.4 is 4.74 Å². The number of benzene rings is 2. The third-order valence-corrected chi connectivity index (χ3v) is 2.25. The van der Waals surface area contributed by atoms with E-state index in [1.54, 1.807) is 36.4 Å². The molecule has 2 aromatic rings. The number of carbonyl (C=O) groups is 1. The first-order chi connectivity index (χ1) is 8.18. The van der Waals surface area contributed by atoms with Gasteiger partial charge in [-0.1, -0.05) is 36.4 Å². The molecule has 0 aliphatic carbocycles. The molecule has 2 rings (SSSR count). The molecule has 0 atom stereocenters. The quantitative estimate of drug-likeness (QED) is 0.636. The van der Waals surface area contributed by atoms with Crippen LogP contribution in [-0.2, 0) is 0 Å². The van der Waals surface area contributed by atoms with E-state index in [1.165, 1.54) is 12.1 Å². The van der Waals surface area contributed by atoms with E-state index in [0.717, 1.165) is 0 Å². The zero-order valence-corrected chi connectivity index (χ0v) is 8.76. The van der Waals surface area contributed by atoms with Crippen molar-refractivity contribution < 1.29 is 19.0 Å².